The molecule has 1 N–H and O–H groups in total. The summed E-state index contributed by atoms with van der Waals surface area (Å²) >= 11 is 1.96. The number of sulfone groups is 1. The van der Waals surface area contributed by atoms with E-state index in [2.05, 4.69) is 26.1 Å². The van der Waals surface area contributed by atoms with Gasteiger partial charge in [0.2, 0.25) is 0 Å². The van der Waals surface area contributed by atoms with Crippen molar-refractivity contribution in [3.05, 3.63) is 0 Å². The molecule has 0 aliphatic carbocycles. The van der Waals surface area contributed by atoms with Crippen molar-refractivity contribution in [3.8, 4) is 0 Å². The van der Waals surface area contributed by atoms with Crippen LogP contribution in [0.2, 0.25) is 0 Å². The lowest BCUT2D eigenvalue weighted by Gasteiger charge is -2.23. The average Bonchev–Trinajstić information content (AvgIpc) is 2.67. The molecule has 19 heavy (non-hydrogen) atoms. The van der Waals surface area contributed by atoms with Crippen LogP contribution in [0.1, 0.15) is 33.6 Å². The zero-order chi connectivity index (χ0) is 14.3. The molecule has 0 aromatic rings. The summed E-state index contributed by atoms with van der Waals surface area (Å²) in [6, 6.07) is 0. The molecule has 3 nitrogen and oxygen atoms in total. The maximum atomic E-state index is 11.6. The van der Waals surface area contributed by atoms with Crippen molar-refractivity contribution < 1.29 is 8.42 Å². The lowest BCUT2D eigenvalue weighted by Crippen LogP contribution is -2.31. The minimum absolute atomic E-state index is 0.377. The molecule has 0 radical (unpaired) electrons. The molecule has 0 aromatic carbocycles. The molecule has 0 bridgehead atoms. The molecule has 2 unspecified atom stereocenters. The zero-order valence-corrected chi connectivity index (χ0v) is 14.2. The van der Waals surface area contributed by atoms with E-state index in [1.165, 1.54) is 0 Å². The topological polar surface area (TPSA) is 46.2 Å². The van der Waals surface area contributed by atoms with E-state index < -0.39 is 9.84 Å². The van der Waals surface area contributed by atoms with Crippen LogP contribution < -0.4 is 5.32 Å². The highest BCUT2D eigenvalue weighted by atomic mass is 32.2. The summed E-state index contributed by atoms with van der Waals surface area (Å²) in [5.74, 6) is 4.67. The Labute approximate surface area is 123 Å². The van der Waals surface area contributed by atoms with Crippen molar-refractivity contribution in [1.29, 1.82) is 0 Å². The largest absolute Gasteiger partial charge is 0.316 e. The van der Waals surface area contributed by atoms with Crippen LogP contribution in [0, 0.1) is 17.8 Å². The van der Waals surface area contributed by atoms with Gasteiger partial charge in [0.25, 0.3) is 0 Å². The number of rotatable bonds is 9. The average molecular weight is 308 g/mol. The molecule has 0 spiro atoms. The number of thioether (sulfide) groups is 1. The van der Waals surface area contributed by atoms with Gasteiger partial charge < -0.3 is 5.32 Å². The molecule has 5 heteroatoms. The molecule has 1 heterocycles. The van der Waals surface area contributed by atoms with E-state index in [0.29, 0.717) is 29.3 Å². The minimum Gasteiger partial charge on any atom is -0.316 e. The molecule has 1 fully saturated rings. The summed E-state index contributed by atoms with van der Waals surface area (Å²) in [6.07, 6.45) is 2.01. The van der Waals surface area contributed by atoms with Crippen LogP contribution in [0.3, 0.4) is 0 Å². The molecule has 0 amide bonds. The molecule has 114 valence electrons. The van der Waals surface area contributed by atoms with Crippen molar-refractivity contribution >= 4 is 21.6 Å². The molecule has 1 rings (SSSR count). The van der Waals surface area contributed by atoms with Gasteiger partial charge in [-0.2, -0.15) is 11.8 Å². The predicted molar refractivity (Wildman–Crippen MR) is 85.6 cm³/mol. The smallest absolute Gasteiger partial charge is 0.150 e. The van der Waals surface area contributed by atoms with E-state index in [9.17, 15) is 8.42 Å². The van der Waals surface area contributed by atoms with E-state index in [-0.39, 0.29) is 0 Å². The molecular weight excluding hydrogens is 278 g/mol. The summed E-state index contributed by atoms with van der Waals surface area (Å²) < 4.78 is 23.3. The summed E-state index contributed by atoms with van der Waals surface area (Å²) in [7, 11) is -2.75. The fraction of sp³-hybridized carbons (Fsp3) is 1.00. The second kappa shape index (κ2) is 8.53. The fourth-order valence-electron chi connectivity index (χ4n) is 2.64. The summed E-state index contributed by atoms with van der Waals surface area (Å²) in [6.45, 7) is 8.58. The highest BCUT2D eigenvalue weighted by Crippen LogP contribution is 2.28. The Morgan fingerprint density at radius 2 is 2.05 bits per heavy atom. The Hall–Kier alpha value is 0.260. The molecule has 1 aliphatic rings. The zero-order valence-electron chi connectivity index (χ0n) is 12.5. The Balaban J connectivity index is 2.44. The third-order valence-electron chi connectivity index (χ3n) is 3.73. The van der Waals surface area contributed by atoms with E-state index >= 15 is 0 Å². The second-order valence-corrected chi connectivity index (χ2v) is 9.58. The standard InChI is InChI=1S/C14H29NO2S2/c1-4-18-7-5-13(10-15-9-12(2)3)14-6-8-19(16,17)11-14/h12-15H,4-11H2,1-3H3. The summed E-state index contributed by atoms with van der Waals surface area (Å²) in [5.41, 5.74) is 0. The number of hydrogen-bond donors (Lipinski definition) is 1. The van der Waals surface area contributed by atoms with Crippen LogP contribution in [-0.4, -0.2) is 44.5 Å². The molecule has 1 saturated heterocycles. The molecule has 2 atom stereocenters. The van der Waals surface area contributed by atoms with Gasteiger partial charge in [0, 0.05) is 0 Å². The minimum atomic E-state index is -2.75. The Morgan fingerprint density at radius 1 is 1.32 bits per heavy atom. The SMILES string of the molecule is CCSCCC(CNCC(C)C)C1CCS(=O)(=O)C1. The van der Waals surface area contributed by atoms with Crippen molar-refractivity contribution in [2.45, 2.75) is 33.6 Å². The van der Waals surface area contributed by atoms with Crippen LogP contribution in [0.5, 0.6) is 0 Å². The number of hydrogen-bond acceptors (Lipinski definition) is 4. The van der Waals surface area contributed by atoms with Crippen molar-refractivity contribution in [3.63, 3.8) is 0 Å². The first-order chi connectivity index (χ1) is 8.94. The first-order valence-electron chi connectivity index (χ1n) is 7.43. The second-order valence-electron chi connectivity index (χ2n) is 5.96. The Morgan fingerprint density at radius 3 is 2.58 bits per heavy atom. The van der Waals surface area contributed by atoms with Gasteiger partial charge in [-0.25, -0.2) is 8.42 Å². The van der Waals surface area contributed by atoms with E-state index in [4.69, 9.17) is 0 Å². The summed E-state index contributed by atoms with van der Waals surface area (Å²) in [4.78, 5) is 0. The van der Waals surface area contributed by atoms with Gasteiger partial charge in [-0.3, -0.25) is 0 Å². The van der Waals surface area contributed by atoms with Gasteiger partial charge in [0.05, 0.1) is 11.5 Å². The Bertz CT molecular complexity index is 341. The highest BCUT2D eigenvalue weighted by Gasteiger charge is 2.33. The molecule has 1 aliphatic heterocycles. The van der Waals surface area contributed by atoms with Crippen molar-refractivity contribution in [2.24, 2.45) is 17.8 Å². The van der Waals surface area contributed by atoms with Gasteiger partial charge >= 0.3 is 0 Å². The van der Waals surface area contributed by atoms with Crippen LogP contribution >= 0.6 is 11.8 Å². The highest BCUT2D eigenvalue weighted by molar-refractivity contribution is 7.99. The molecular formula is C14H29NO2S2. The first-order valence-corrected chi connectivity index (χ1v) is 10.4. The maximum Gasteiger partial charge on any atom is 0.150 e. The Kier molecular flexibility index (Phi) is 7.77. The quantitative estimate of drug-likeness (QED) is 0.665. The predicted octanol–water partition coefficient (Wildman–Crippen LogP) is 2.43. The maximum absolute atomic E-state index is 11.6. The lowest BCUT2D eigenvalue weighted by atomic mass is 9.89. The lowest BCUT2D eigenvalue weighted by molar-refractivity contribution is 0.332. The first kappa shape index (κ1) is 17.3. The van der Waals surface area contributed by atoms with Gasteiger partial charge in [0.15, 0.2) is 9.84 Å². The number of nitrogens with one attached hydrogen (secondary N) is 1. The van der Waals surface area contributed by atoms with Gasteiger partial charge in [-0.05, 0) is 55.2 Å². The monoisotopic (exact) mass is 307 g/mol. The normalized spacial score (nSPS) is 23.9. The van der Waals surface area contributed by atoms with Gasteiger partial charge in [0.1, 0.15) is 0 Å². The fourth-order valence-corrected chi connectivity index (χ4v) is 5.31. The van der Waals surface area contributed by atoms with Crippen molar-refractivity contribution in [1.82, 2.24) is 5.32 Å². The van der Waals surface area contributed by atoms with Crippen LogP contribution in [0.25, 0.3) is 0 Å². The third kappa shape index (κ3) is 7.00. The van der Waals surface area contributed by atoms with Crippen LogP contribution in [-0.2, 0) is 9.84 Å². The third-order valence-corrected chi connectivity index (χ3v) is 6.46. The van der Waals surface area contributed by atoms with Crippen molar-refractivity contribution in [2.75, 3.05) is 36.1 Å². The van der Waals surface area contributed by atoms with E-state index in [1.54, 1.807) is 0 Å². The van der Waals surface area contributed by atoms with E-state index in [0.717, 1.165) is 37.4 Å². The molecule has 0 aromatic heterocycles. The van der Waals surface area contributed by atoms with Crippen LogP contribution in [0.4, 0.5) is 0 Å². The molecule has 0 saturated carbocycles. The van der Waals surface area contributed by atoms with E-state index in [1.807, 2.05) is 11.8 Å². The van der Waals surface area contributed by atoms with Gasteiger partial charge in [-0.15, -0.1) is 0 Å². The summed E-state index contributed by atoms with van der Waals surface area (Å²) in [5, 5.41) is 3.51. The van der Waals surface area contributed by atoms with Gasteiger partial charge in [-0.1, -0.05) is 20.8 Å². The van der Waals surface area contributed by atoms with Crippen LogP contribution in [0.15, 0.2) is 0 Å².